The van der Waals surface area contributed by atoms with Crippen molar-refractivity contribution in [3.8, 4) is 0 Å². The van der Waals surface area contributed by atoms with Gasteiger partial charge in [0.05, 0.1) is 6.04 Å². The number of fused-ring (bicyclic) bond motifs is 1. The van der Waals surface area contributed by atoms with Crippen LogP contribution in [0.4, 0.5) is 0 Å². The van der Waals surface area contributed by atoms with E-state index in [2.05, 4.69) is 6.07 Å². The van der Waals surface area contributed by atoms with Crippen molar-refractivity contribution in [2.75, 3.05) is 0 Å². The molecule has 1 aromatic heterocycles. The van der Waals surface area contributed by atoms with E-state index < -0.39 is 15.9 Å². The van der Waals surface area contributed by atoms with E-state index in [1.165, 1.54) is 22.4 Å². The Morgan fingerprint density at radius 1 is 1.17 bits per heavy atom. The summed E-state index contributed by atoms with van der Waals surface area (Å²) in [7, 11) is -2.25. The third kappa shape index (κ3) is 3.66. The van der Waals surface area contributed by atoms with Crippen LogP contribution in [0.2, 0.25) is 0 Å². The number of rotatable bonds is 6. The van der Waals surface area contributed by atoms with Crippen LogP contribution in [0.5, 0.6) is 0 Å². The number of primary amides is 1. The Kier molecular flexibility index (Phi) is 5.26. The molecule has 1 atom stereocenters. The fourth-order valence-electron chi connectivity index (χ4n) is 4.13. The maximum atomic E-state index is 13.7. The van der Waals surface area contributed by atoms with Gasteiger partial charge in [0.25, 0.3) is 5.91 Å². The summed E-state index contributed by atoms with van der Waals surface area (Å²) in [4.78, 5) is 11.7. The van der Waals surface area contributed by atoms with Gasteiger partial charge in [-0.3, -0.25) is 4.79 Å². The van der Waals surface area contributed by atoms with Crippen molar-refractivity contribution in [1.29, 1.82) is 0 Å². The first-order chi connectivity index (χ1) is 14.3. The van der Waals surface area contributed by atoms with Gasteiger partial charge in [0, 0.05) is 19.8 Å². The first kappa shape index (κ1) is 20.4. The first-order valence-corrected chi connectivity index (χ1v) is 11.3. The third-order valence-electron chi connectivity index (χ3n) is 5.75. The maximum absolute atomic E-state index is 13.7. The van der Waals surface area contributed by atoms with Gasteiger partial charge in [0.15, 0.2) is 0 Å². The fraction of sp³-hybridized carbons (Fsp3) is 0.261. The molecule has 1 heterocycles. The molecule has 0 saturated heterocycles. The zero-order valence-corrected chi connectivity index (χ0v) is 17.9. The largest absolute Gasteiger partial charge is 0.364 e. The molecule has 156 valence electrons. The van der Waals surface area contributed by atoms with Crippen LogP contribution in [0.15, 0.2) is 65.7 Å². The van der Waals surface area contributed by atoms with E-state index in [9.17, 15) is 13.2 Å². The minimum absolute atomic E-state index is 0.0790. The van der Waals surface area contributed by atoms with Gasteiger partial charge >= 0.3 is 0 Å². The Hall–Kier alpha value is -2.90. The van der Waals surface area contributed by atoms with Gasteiger partial charge in [-0.1, -0.05) is 54.1 Å². The minimum atomic E-state index is -3.87. The summed E-state index contributed by atoms with van der Waals surface area (Å²) in [6, 6.07) is 17.0. The van der Waals surface area contributed by atoms with Crippen LogP contribution in [0.1, 0.15) is 45.2 Å². The van der Waals surface area contributed by atoms with E-state index in [1.807, 2.05) is 49.4 Å². The second kappa shape index (κ2) is 7.74. The summed E-state index contributed by atoms with van der Waals surface area (Å²) < 4.78 is 30.5. The van der Waals surface area contributed by atoms with Gasteiger partial charge in [-0.2, -0.15) is 4.31 Å². The lowest BCUT2D eigenvalue weighted by molar-refractivity contribution is 0.0992. The first-order valence-electron chi connectivity index (χ1n) is 9.89. The average molecular weight is 424 g/mol. The van der Waals surface area contributed by atoms with E-state index in [4.69, 9.17) is 5.73 Å². The Morgan fingerprint density at radius 3 is 2.53 bits per heavy atom. The molecule has 0 bridgehead atoms. The van der Waals surface area contributed by atoms with Gasteiger partial charge in [-0.25, -0.2) is 8.42 Å². The molecule has 1 aliphatic rings. The smallest absolute Gasteiger partial charge is 0.265 e. The number of nitrogens with two attached hydrogens (primary N) is 1. The van der Waals surface area contributed by atoms with Gasteiger partial charge in [-0.05, 0) is 42.5 Å². The number of amides is 1. The van der Waals surface area contributed by atoms with Crippen LogP contribution in [0, 0.1) is 6.92 Å². The van der Waals surface area contributed by atoms with Crippen molar-refractivity contribution in [2.45, 2.75) is 37.2 Å². The van der Waals surface area contributed by atoms with Gasteiger partial charge in [0.1, 0.15) is 10.6 Å². The molecule has 1 amide bonds. The molecule has 0 saturated carbocycles. The van der Waals surface area contributed by atoms with Crippen LogP contribution in [-0.4, -0.2) is 23.2 Å². The quantitative estimate of drug-likeness (QED) is 0.660. The number of hydrogen-bond donors (Lipinski definition) is 1. The Balaban J connectivity index is 1.79. The van der Waals surface area contributed by atoms with E-state index in [1.54, 1.807) is 11.4 Å². The molecule has 0 spiro atoms. The van der Waals surface area contributed by atoms with Crippen LogP contribution < -0.4 is 5.73 Å². The highest BCUT2D eigenvalue weighted by atomic mass is 32.2. The molecule has 7 heteroatoms. The molecule has 0 radical (unpaired) electrons. The highest BCUT2D eigenvalue weighted by molar-refractivity contribution is 7.89. The number of carbonyl (C=O) groups is 1. The third-order valence-corrected chi connectivity index (χ3v) is 7.57. The predicted octanol–water partition coefficient (Wildman–Crippen LogP) is 3.31. The van der Waals surface area contributed by atoms with Crippen LogP contribution in [0.25, 0.3) is 0 Å². The lowest BCUT2D eigenvalue weighted by Crippen LogP contribution is -2.33. The number of benzene rings is 2. The molecular weight excluding hydrogens is 398 g/mol. The van der Waals surface area contributed by atoms with Crippen LogP contribution in [0.3, 0.4) is 0 Å². The molecule has 2 aromatic carbocycles. The number of nitrogens with zero attached hydrogens (tertiary/aromatic N) is 2. The summed E-state index contributed by atoms with van der Waals surface area (Å²) in [6.45, 7) is 2.25. The molecular formula is C23H25N3O3S. The maximum Gasteiger partial charge on any atom is 0.265 e. The second-order valence-corrected chi connectivity index (χ2v) is 9.72. The lowest BCUT2D eigenvalue weighted by atomic mass is 10.1. The van der Waals surface area contributed by atoms with Crippen molar-refractivity contribution in [2.24, 2.45) is 12.8 Å². The normalized spacial score (nSPS) is 16.0. The molecule has 6 nitrogen and oxygen atoms in total. The molecule has 30 heavy (non-hydrogen) atoms. The van der Waals surface area contributed by atoms with E-state index >= 15 is 0 Å². The zero-order valence-electron chi connectivity index (χ0n) is 17.1. The summed E-state index contributed by atoms with van der Waals surface area (Å²) in [6.07, 6.45) is 3.01. The Bertz CT molecular complexity index is 1200. The van der Waals surface area contributed by atoms with Gasteiger partial charge < -0.3 is 10.3 Å². The fourth-order valence-corrected chi connectivity index (χ4v) is 5.82. The van der Waals surface area contributed by atoms with Crippen molar-refractivity contribution in [3.05, 3.63) is 88.7 Å². The average Bonchev–Trinajstić information content (AvgIpc) is 3.31. The molecule has 0 fully saturated rings. The van der Waals surface area contributed by atoms with Crippen molar-refractivity contribution in [1.82, 2.24) is 8.87 Å². The molecule has 1 aliphatic carbocycles. The summed E-state index contributed by atoms with van der Waals surface area (Å²) in [5.74, 6) is -0.657. The number of aryl methyl sites for hydroxylation is 3. The molecule has 0 aliphatic heterocycles. The Labute approximate surface area is 177 Å². The van der Waals surface area contributed by atoms with Crippen molar-refractivity contribution in [3.63, 3.8) is 0 Å². The summed E-state index contributed by atoms with van der Waals surface area (Å²) in [5.41, 5.74) is 9.82. The summed E-state index contributed by atoms with van der Waals surface area (Å²) in [5, 5.41) is 0. The number of aromatic nitrogens is 1. The number of hydrogen-bond acceptors (Lipinski definition) is 3. The second-order valence-electron chi connectivity index (χ2n) is 7.83. The van der Waals surface area contributed by atoms with Crippen LogP contribution >= 0.6 is 0 Å². The lowest BCUT2D eigenvalue weighted by Gasteiger charge is -2.29. The standard InChI is InChI=1S/C23H25N3O3S/c1-16-7-9-17(10-8-16)14-26(21-12-11-18-5-3-4-6-20(18)21)30(28,29)19-13-22(23(24)27)25(2)15-19/h3-10,13,15,21H,11-12,14H2,1-2H3,(H2,24,27). The molecule has 2 N–H and O–H groups in total. The zero-order chi connectivity index (χ0) is 21.5. The Morgan fingerprint density at radius 2 is 1.87 bits per heavy atom. The monoisotopic (exact) mass is 423 g/mol. The highest BCUT2D eigenvalue weighted by Gasteiger charge is 2.37. The van der Waals surface area contributed by atoms with Crippen molar-refractivity contribution >= 4 is 15.9 Å². The molecule has 1 unspecified atom stereocenters. The highest BCUT2D eigenvalue weighted by Crippen LogP contribution is 2.39. The number of carbonyl (C=O) groups excluding carboxylic acids is 1. The van der Waals surface area contributed by atoms with Crippen LogP contribution in [-0.2, 0) is 30.0 Å². The summed E-state index contributed by atoms with van der Waals surface area (Å²) >= 11 is 0. The van der Waals surface area contributed by atoms with E-state index in [-0.39, 0.29) is 23.2 Å². The SMILES string of the molecule is Cc1ccc(CN(C2CCc3ccccc32)S(=O)(=O)c2cc(C(N)=O)n(C)c2)cc1. The van der Waals surface area contributed by atoms with E-state index in [0.717, 1.165) is 29.5 Å². The molecule has 4 rings (SSSR count). The number of sulfonamides is 1. The molecule has 3 aromatic rings. The van der Waals surface area contributed by atoms with E-state index in [0.29, 0.717) is 0 Å². The topological polar surface area (TPSA) is 85.4 Å². The minimum Gasteiger partial charge on any atom is -0.364 e. The van der Waals surface area contributed by atoms with Gasteiger partial charge in [-0.15, -0.1) is 0 Å². The van der Waals surface area contributed by atoms with Gasteiger partial charge in [0.2, 0.25) is 10.0 Å². The van der Waals surface area contributed by atoms with Crippen molar-refractivity contribution < 1.29 is 13.2 Å². The predicted molar refractivity (Wildman–Crippen MR) is 115 cm³/mol.